The van der Waals surface area contributed by atoms with Crippen LogP contribution in [0, 0.1) is 16.7 Å². The van der Waals surface area contributed by atoms with Crippen molar-refractivity contribution < 1.29 is 5.11 Å². The Kier molecular flexibility index (Phi) is 4.76. The van der Waals surface area contributed by atoms with E-state index in [1.807, 2.05) is 0 Å². The molecule has 0 spiro atoms. The molecule has 1 aliphatic carbocycles. The number of rotatable bonds is 6. The first-order valence-electron chi connectivity index (χ1n) is 6.28. The van der Waals surface area contributed by atoms with Crippen LogP contribution in [0.15, 0.2) is 0 Å². The molecule has 1 rings (SSSR count). The molecule has 16 heavy (non-hydrogen) atoms. The van der Waals surface area contributed by atoms with E-state index < -0.39 is 5.60 Å². The van der Waals surface area contributed by atoms with Gasteiger partial charge in [-0.25, -0.2) is 0 Å². The van der Waals surface area contributed by atoms with E-state index in [9.17, 15) is 5.11 Å². The van der Waals surface area contributed by atoms with Crippen molar-refractivity contribution in [2.45, 2.75) is 58.0 Å². The molecule has 0 aromatic rings. The maximum Gasteiger partial charge on any atom is 0.0771 e. The van der Waals surface area contributed by atoms with Crippen molar-refractivity contribution in [3.63, 3.8) is 0 Å². The molecule has 0 aromatic carbocycles. The maximum atomic E-state index is 10.1. The first-order valence-corrected chi connectivity index (χ1v) is 6.28. The Bertz CT molecular complexity index is 249. The van der Waals surface area contributed by atoms with Crippen LogP contribution in [-0.2, 0) is 0 Å². The predicted molar refractivity (Wildman–Crippen MR) is 64.9 cm³/mol. The second-order valence-electron chi connectivity index (χ2n) is 5.86. The van der Waals surface area contributed by atoms with E-state index in [-0.39, 0.29) is 5.41 Å². The summed E-state index contributed by atoms with van der Waals surface area (Å²) in [6, 6.07) is 2.19. The third-order valence-corrected chi connectivity index (χ3v) is 3.51. The van der Waals surface area contributed by atoms with Gasteiger partial charge in [-0.3, -0.25) is 0 Å². The second-order valence-corrected chi connectivity index (χ2v) is 5.86. The zero-order chi connectivity index (χ0) is 12.1. The fraction of sp³-hybridized carbons (Fsp3) is 0.923. The smallest absolute Gasteiger partial charge is 0.0771 e. The van der Waals surface area contributed by atoms with Crippen molar-refractivity contribution in [2.24, 2.45) is 5.41 Å². The highest BCUT2D eigenvalue weighted by Crippen LogP contribution is 2.29. The van der Waals surface area contributed by atoms with Crippen LogP contribution < -0.4 is 5.32 Å². The van der Waals surface area contributed by atoms with Crippen molar-refractivity contribution in [3.8, 4) is 6.07 Å². The van der Waals surface area contributed by atoms with E-state index in [4.69, 9.17) is 5.26 Å². The molecule has 0 aliphatic heterocycles. The van der Waals surface area contributed by atoms with Crippen molar-refractivity contribution in [3.05, 3.63) is 0 Å². The van der Waals surface area contributed by atoms with Crippen LogP contribution in [0.25, 0.3) is 0 Å². The summed E-state index contributed by atoms with van der Waals surface area (Å²) in [5.74, 6) is 0. The maximum absolute atomic E-state index is 10.1. The molecule has 1 saturated carbocycles. The Morgan fingerprint density at radius 2 is 2.00 bits per heavy atom. The molecule has 0 aromatic heterocycles. The monoisotopic (exact) mass is 224 g/mol. The zero-order valence-electron chi connectivity index (χ0n) is 10.6. The van der Waals surface area contributed by atoms with E-state index in [1.54, 1.807) is 0 Å². The lowest BCUT2D eigenvalue weighted by molar-refractivity contribution is 0.0452. The van der Waals surface area contributed by atoms with Gasteiger partial charge in [0, 0.05) is 19.5 Å². The van der Waals surface area contributed by atoms with Gasteiger partial charge < -0.3 is 10.4 Å². The molecule has 3 heteroatoms. The summed E-state index contributed by atoms with van der Waals surface area (Å²) in [5.41, 5.74) is -0.323. The Morgan fingerprint density at radius 1 is 1.38 bits per heavy atom. The van der Waals surface area contributed by atoms with Gasteiger partial charge in [-0.2, -0.15) is 5.26 Å². The van der Waals surface area contributed by atoms with Gasteiger partial charge in [0.25, 0.3) is 0 Å². The molecular weight excluding hydrogens is 200 g/mol. The highest BCUT2D eigenvalue weighted by atomic mass is 16.3. The van der Waals surface area contributed by atoms with Gasteiger partial charge >= 0.3 is 0 Å². The highest BCUT2D eigenvalue weighted by molar-refractivity contribution is 4.87. The number of hydrogen-bond acceptors (Lipinski definition) is 3. The molecular formula is C13H24N2O. The predicted octanol–water partition coefficient (Wildman–Crippen LogP) is 2.21. The van der Waals surface area contributed by atoms with Crippen LogP contribution >= 0.6 is 0 Å². The van der Waals surface area contributed by atoms with Gasteiger partial charge in [-0.1, -0.05) is 26.7 Å². The second kappa shape index (κ2) is 5.65. The summed E-state index contributed by atoms with van der Waals surface area (Å²) in [7, 11) is 0. The number of nitrogens with zero attached hydrogens (tertiary/aromatic N) is 1. The molecule has 1 aliphatic rings. The molecule has 0 bridgehead atoms. The standard InChI is InChI=1S/C13H24N2O/c1-12(2,6-5-9-14)10-15-11-13(16)7-3-4-8-13/h15-16H,3-8,10-11H2,1-2H3. The normalized spacial score (nSPS) is 19.6. The summed E-state index contributed by atoms with van der Waals surface area (Å²) >= 11 is 0. The summed E-state index contributed by atoms with van der Waals surface area (Å²) in [6.45, 7) is 5.89. The average Bonchev–Trinajstić information content (AvgIpc) is 2.62. The van der Waals surface area contributed by atoms with Gasteiger partial charge in [-0.15, -0.1) is 0 Å². The average molecular weight is 224 g/mol. The number of nitrogens with one attached hydrogen (secondary N) is 1. The Labute approximate surface area is 98.8 Å². The first kappa shape index (κ1) is 13.5. The molecule has 0 unspecified atom stereocenters. The van der Waals surface area contributed by atoms with Crippen LogP contribution in [0.3, 0.4) is 0 Å². The summed E-state index contributed by atoms with van der Waals surface area (Å²) in [5, 5.41) is 22.1. The van der Waals surface area contributed by atoms with E-state index >= 15 is 0 Å². The molecule has 0 saturated heterocycles. The quantitative estimate of drug-likeness (QED) is 0.727. The third kappa shape index (κ3) is 4.51. The lowest BCUT2D eigenvalue weighted by atomic mass is 9.87. The third-order valence-electron chi connectivity index (χ3n) is 3.51. The van der Waals surface area contributed by atoms with Crippen LogP contribution in [-0.4, -0.2) is 23.8 Å². The minimum absolute atomic E-state index is 0.144. The van der Waals surface area contributed by atoms with Crippen LogP contribution in [0.5, 0.6) is 0 Å². The number of hydrogen-bond donors (Lipinski definition) is 2. The van der Waals surface area contributed by atoms with Crippen LogP contribution in [0.4, 0.5) is 0 Å². The Hall–Kier alpha value is -0.590. The minimum atomic E-state index is -0.467. The molecule has 0 radical (unpaired) electrons. The lowest BCUT2D eigenvalue weighted by Gasteiger charge is -2.28. The zero-order valence-corrected chi connectivity index (χ0v) is 10.6. The van der Waals surface area contributed by atoms with E-state index in [1.165, 1.54) is 0 Å². The SMILES string of the molecule is CC(C)(CCC#N)CNCC1(O)CCCC1. The van der Waals surface area contributed by atoms with Gasteiger partial charge in [0.2, 0.25) is 0 Å². The van der Waals surface area contributed by atoms with Crippen LogP contribution in [0.2, 0.25) is 0 Å². The first-order chi connectivity index (χ1) is 7.47. The fourth-order valence-corrected chi connectivity index (χ4v) is 2.33. The van der Waals surface area contributed by atoms with Crippen molar-refractivity contribution >= 4 is 0 Å². The molecule has 0 heterocycles. The molecule has 2 N–H and O–H groups in total. The number of aliphatic hydroxyl groups is 1. The van der Waals surface area contributed by atoms with Crippen molar-refractivity contribution in [2.75, 3.05) is 13.1 Å². The van der Waals surface area contributed by atoms with E-state index in [2.05, 4.69) is 25.2 Å². The molecule has 92 valence electrons. The summed E-state index contributed by atoms with van der Waals surface area (Å²) in [4.78, 5) is 0. The minimum Gasteiger partial charge on any atom is -0.389 e. The molecule has 0 atom stereocenters. The van der Waals surface area contributed by atoms with Gasteiger partial charge in [-0.05, 0) is 24.7 Å². The molecule has 1 fully saturated rings. The Balaban J connectivity index is 2.21. The fourth-order valence-electron chi connectivity index (χ4n) is 2.33. The topological polar surface area (TPSA) is 56.0 Å². The summed E-state index contributed by atoms with van der Waals surface area (Å²) in [6.07, 6.45) is 5.68. The Morgan fingerprint density at radius 3 is 2.56 bits per heavy atom. The number of nitriles is 1. The summed E-state index contributed by atoms with van der Waals surface area (Å²) < 4.78 is 0. The van der Waals surface area contributed by atoms with Gasteiger partial charge in [0.05, 0.1) is 11.7 Å². The van der Waals surface area contributed by atoms with Gasteiger partial charge in [0.15, 0.2) is 0 Å². The largest absolute Gasteiger partial charge is 0.389 e. The molecule has 0 amide bonds. The van der Waals surface area contributed by atoms with E-state index in [0.29, 0.717) is 13.0 Å². The van der Waals surface area contributed by atoms with Crippen LogP contribution in [0.1, 0.15) is 52.4 Å². The van der Waals surface area contributed by atoms with E-state index in [0.717, 1.165) is 38.6 Å². The highest BCUT2D eigenvalue weighted by Gasteiger charge is 2.31. The van der Waals surface area contributed by atoms with Crippen molar-refractivity contribution in [1.82, 2.24) is 5.32 Å². The molecule has 3 nitrogen and oxygen atoms in total. The van der Waals surface area contributed by atoms with Gasteiger partial charge in [0.1, 0.15) is 0 Å². The van der Waals surface area contributed by atoms with Crippen molar-refractivity contribution in [1.29, 1.82) is 5.26 Å². The lowest BCUT2D eigenvalue weighted by Crippen LogP contribution is -2.41.